The number of alkyl halides is 3. The van der Waals surface area contributed by atoms with E-state index in [2.05, 4.69) is 4.74 Å². The van der Waals surface area contributed by atoms with Gasteiger partial charge in [0, 0.05) is 5.56 Å². The van der Waals surface area contributed by atoms with Gasteiger partial charge in [0.05, 0.1) is 0 Å². The minimum absolute atomic E-state index is 0.0213. The summed E-state index contributed by atoms with van der Waals surface area (Å²) in [5, 5.41) is 9.15. The third kappa shape index (κ3) is 4.71. The van der Waals surface area contributed by atoms with Crippen LogP contribution in [0.4, 0.5) is 18.0 Å². The predicted molar refractivity (Wildman–Crippen MR) is 103 cm³/mol. The van der Waals surface area contributed by atoms with E-state index in [1.54, 1.807) is 0 Å². The third-order valence-electron chi connectivity index (χ3n) is 6.74. The maximum absolute atomic E-state index is 12.9. The number of fused-ring (bicyclic) bond motifs is 1. The van der Waals surface area contributed by atoms with E-state index < -0.39 is 24.6 Å². The molecule has 1 N–H and O–H groups in total. The first-order valence-electron chi connectivity index (χ1n) is 10.9. The standard InChI is InChI=1S/C22H27F3O6/c23-22(24,25)30-16-11-12-18-17(13-16)21(14-7-3-1-4-8-14,15-9-5-2-6-10-15)31-20(28-18)29-19(26)27/h11-15,20H,1-10H2,(H,26,27). The van der Waals surface area contributed by atoms with E-state index in [0.717, 1.165) is 64.2 Å². The second kappa shape index (κ2) is 8.76. The fraction of sp³-hybridized carbons (Fsp3) is 0.682. The van der Waals surface area contributed by atoms with Crippen molar-refractivity contribution >= 4 is 6.16 Å². The fourth-order valence-electron chi connectivity index (χ4n) is 5.62. The normalized spacial score (nSPS) is 24.7. The molecule has 3 aliphatic rings. The predicted octanol–water partition coefficient (Wildman–Crippen LogP) is 6.33. The Balaban J connectivity index is 1.83. The number of carboxylic acid groups (broad SMARTS) is 1. The SMILES string of the molecule is O=C(O)OC1Oc2ccc(OC(F)(F)F)cc2C(C2CCCCC2)(C2CCCCC2)O1. The van der Waals surface area contributed by atoms with Crippen LogP contribution >= 0.6 is 0 Å². The van der Waals surface area contributed by atoms with Gasteiger partial charge in [-0.05, 0) is 55.7 Å². The molecule has 2 fully saturated rings. The summed E-state index contributed by atoms with van der Waals surface area (Å²) in [6.45, 7) is -1.47. The number of halogens is 3. The summed E-state index contributed by atoms with van der Waals surface area (Å²) in [6.07, 6.45) is 3.16. The van der Waals surface area contributed by atoms with E-state index in [4.69, 9.17) is 19.3 Å². The lowest BCUT2D eigenvalue weighted by Gasteiger charge is -2.52. The Morgan fingerprint density at radius 1 is 1.00 bits per heavy atom. The topological polar surface area (TPSA) is 74.2 Å². The molecule has 0 amide bonds. The minimum Gasteiger partial charge on any atom is -0.450 e. The molecule has 9 heteroatoms. The van der Waals surface area contributed by atoms with Crippen LogP contribution in [-0.4, -0.2) is 24.1 Å². The zero-order valence-electron chi connectivity index (χ0n) is 17.2. The first-order valence-corrected chi connectivity index (χ1v) is 10.9. The molecule has 1 aromatic rings. The lowest BCUT2D eigenvalue weighted by atomic mass is 9.63. The van der Waals surface area contributed by atoms with Crippen LogP contribution in [0.1, 0.15) is 69.8 Å². The van der Waals surface area contributed by atoms with Gasteiger partial charge in [0.25, 0.3) is 0 Å². The van der Waals surface area contributed by atoms with E-state index in [-0.39, 0.29) is 23.3 Å². The van der Waals surface area contributed by atoms with Crippen molar-refractivity contribution in [3.05, 3.63) is 23.8 Å². The van der Waals surface area contributed by atoms with Gasteiger partial charge in [-0.2, -0.15) is 0 Å². The van der Waals surface area contributed by atoms with Crippen molar-refractivity contribution in [1.29, 1.82) is 0 Å². The Morgan fingerprint density at radius 2 is 1.58 bits per heavy atom. The van der Waals surface area contributed by atoms with Crippen molar-refractivity contribution in [2.24, 2.45) is 11.8 Å². The van der Waals surface area contributed by atoms with Crippen molar-refractivity contribution in [2.45, 2.75) is 82.6 Å². The summed E-state index contributed by atoms with van der Waals surface area (Å²) in [4.78, 5) is 11.2. The first kappa shape index (κ1) is 22.0. The molecule has 1 aliphatic heterocycles. The Morgan fingerprint density at radius 3 is 2.10 bits per heavy atom. The van der Waals surface area contributed by atoms with Crippen LogP contribution in [0.15, 0.2) is 18.2 Å². The van der Waals surface area contributed by atoms with E-state index in [0.29, 0.717) is 5.56 Å². The molecule has 6 nitrogen and oxygen atoms in total. The Kier molecular flexibility index (Phi) is 6.23. The number of benzene rings is 1. The summed E-state index contributed by atoms with van der Waals surface area (Å²) in [7, 11) is 0. The number of hydrogen-bond acceptors (Lipinski definition) is 5. The maximum Gasteiger partial charge on any atom is 0.573 e. The minimum atomic E-state index is -4.82. The molecular weight excluding hydrogens is 417 g/mol. The second-order valence-electron chi connectivity index (χ2n) is 8.58. The van der Waals surface area contributed by atoms with E-state index in [1.807, 2.05) is 0 Å². The zero-order valence-corrected chi connectivity index (χ0v) is 17.2. The Hall–Kier alpha value is -2.16. The van der Waals surface area contributed by atoms with E-state index in [1.165, 1.54) is 18.2 Å². The Labute approximate surface area is 178 Å². The molecule has 2 aliphatic carbocycles. The quantitative estimate of drug-likeness (QED) is 0.547. The maximum atomic E-state index is 12.9. The van der Waals surface area contributed by atoms with Gasteiger partial charge in [-0.15, -0.1) is 13.2 Å². The largest absolute Gasteiger partial charge is 0.573 e. The third-order valence-corrected chi connectivity index (χ3v) is 6.74. The lowest BCUT2D eigenvalue weighted by Crippen LogP contribution is -2.53. The van der Waals surface area contributed by atoms with Crippen molar-refractivity contribution in [3.8, 4) is 11.5 Å². The fourth-order valence-corrected chi connectivity index (χ4v) is 5.62. The zero-order chi connectivity index (χ0) is 22.1. The summed E-state index contributed by atoms with van der Waals surface area (Å²) >= 11 is 0. The van der Waals surface area contributed by atoms with Crippen molar-refractivity contribution in [3.63, 3.8) is 0 Å². The summed E-state index contributed by atoms with van der Waals surface area (Å²) in [5.41, 5.74) is -0.488. The summed E-state index contributed by atoms with van der Waals surface area (Å²) in [6, 6.07) is 3.91. The van der Waals surface area contributed by atoms with E-state index in [9.17, 15) is 18.0 Å². The molecule has 0 radical (unpaired) electrons. The average Bonchev–Trinajstić information content (AvgIpc) is 2.73. The highest BCUT2D eigenvalue weighted by Crippen LogP contribution is 2.56. The van der Waals surface area contributed by atoms with Crippen LogP contribution in [0.2, 0.25) is 0 Å². The monoisotopic (exact) mass is 444 g/mol. The highest BCUT2D eigenvalue weighted by atomic mass is 19.4. The van der Waals surface area contributed by atoms with Crippen LogP contribution in [0.25, 0.3) is 0 Å². The Bertz CT molecular complexity index is 766. The van der Waals surface area contributed by atoms with Crippen LogP contribution < -0.4 is 9.47 Å². The first-order chi connectivity index (χ1) is 14.8. The number of ether oxygens (including phenoxy) is 4. The highest BCUT2D eigenvalue weighted by molar-refractivity contribution is 5.57. The van der Waals surface area contributed by atoms with Crippen molar-refractivity contribution in [2.75, 3.05) is 0 Å². The van der Waals surface area contributed by atoms with Gasteiger partial charge in [-0.3, -0.25) is 4.74 Å². The van der Waals surface area contributed by atoms with Crippen LogP contribution in [0, 0.1) is 11.8 Å². The molecule has 2 saturated carbocycles. The average molecular weight is 444 g/mol. The number of rotatable bonds is 4. The van der Waals surface area contributed by atoms with Gasteiger partial charge < -0.3 is 19.3 Å². The van der Waals surface area contributed by atoms with Gasteiger partial charge in [0.15, 0.2) is 0 Å². The molecule has 31 heavy (non-hydrogen) atoms. The summed E-state index contributed by atoms with van der Waals surface area (Å²) in [5.74, 6) is -0.0173. The van der Waals surface area contributed by atoms with Crippen LogP contribution in [0.5, 0.6) is 11.5 Å². The molecule has 0 aromatic heterocycles. The molecule has 1 heterocycles. The van der Waals surface area contributed by atoms with Crippen LogP contribution in [-0.2, 0) is 15.1 Å². The molecule has 172 valence electrons. The molecule has 0 bridgehead atoms. The smallest absolute Gasteiger partial charge is 0.450 e. The number of carbonyl (C=O) groups is 1. The molecule has 0 spiro atoms. The molecule has 1 unspecified atom stereocenters. The van der Waals surface area contributed by atoms with Gasteiger partial charge in [-0.1, -0.05) is 38.5 Å². The van der Waals surface area contributed by atoms with Gasteiger partial charge in [0.2, 0.25) is 0 Å². The second-order valence-corrected chi connectivity index (χ2v) is 8.58. The van der Waals surface area contributed by atoms with Crippen LogP contribution in [0.3, 0.4) is 0 Å². The van der Waals surface area contributed by atoms with Gasteiger partial charge in [0.1, 0.15) is 17.1 Å². The van der Waals surface area contributed by atoms with Gasteiger partial charge >= 0.3 is 19.0 Å². The van der Waals surface area contributed by atoms with E-state index >= 15 is 0 Å². The molecule has 4 rings (SSSR count). The molecule has 1 aromatic carbocycles. The highest BCUT2D eigenvalue weighted by Gasteiger charge is 2.54. The summed E-state index contributed by atoms with van der Waals surface area (Å²) < 4.78 is 59.7. The molecule has 0 saturated heterocycles. The molecule has 1 atom stereocenters. The number of hydrogen-bond donors (Lipinski definition) is 1. The lowest BCUT2D eigenvalue weighted by molar-refractivity contribution is -0.324. The van der Waals surface area contributed by atoms with Crippen molar-refractivity contribution < 1.29 is 42.0 Å². The van der Waals surface area contributed by atoms with Gasteiger partial charge in [-0.25, -0.2) is 4.79 Å². The molecular formula is C22H27F3O6. The van der Waals surface area contributed by atoms with Crippen molar-refractivity contribution in [1.82, 2.24) is 0 Å².